The summed E-state index contributed by atoms with van der Waals surface area (Å²) >= 11 is 0. The molecule has 0 saturated carbocycles. The van der Waals surface area contributed by atoms with Crippen molar-refractivity contribution in [3.8, 4) is 6.07 Å². The fourth-order valence-electron chi connectivity index (χ4n) is 3.64. The molecule has 2 aliphatic rings. The predicted molar refractivity (Wildman–Crippen MR) is 110 cm³/mol. The Morgan fingerprint density at radius 3 is 2.66 bits per heavy atom. The van der Waals surface area contributed by atoms with Crippen LogP contribution < -0.4 is 5.32 Å². The van der Waals surface area contributed by atoms with E-state index >= 15 is 0 Å². The van der Waals surface area contributed by atoms with Gasteiger partial charge in [-0.25, -0.2) is 15.0 Å². The van der Waals surface area contributed by atoms with Crippen LogP contribution in [-0.2, 0) is 18.6 Å². The Morgan fingerprint density at radius 2 is 2.00 bits per heavy atom. The molecule has 2 aromatic heterocycles. The number of aromatic nitrogens is 3. The lowest BCUT2D eigenvalue weighted by Gasteiger charge is -2.33. The van der Waals surface area contributed by atoms with Gasteiger partial charge in [0.15, 0.2) is 0 Å². The van der Waals surface area contributed by atoms with Crippen LogP contribution in [0.4, 0.5) is 11.6 Å². The summed E-state index contributed by atoms with van der Waals surface area (Å²) in [5.74, 6) is 1.47. The van der Waals surface area contributed by atoms with Gasteiger partial charge in [-0.15, -0.1) is 0 Å². The first-order valence-electron chi connectivity index (χ1n) is 9.77. The van der Waals surface area contributed by atoms with E-state index in [2.05, 4.69) is 37.3 Å². The summed E-state index contributed by atoms with van der Waals surface area (Å²) in [4.78, 5) is 15.7. The summed E-state index contributed by atoms with van der Waals surface area (Å²) in [6, 6.07) is 5.95. The van der Waals surface area contributed by atoms with Crippen molar-refractivity contribution in [3.63, 3.8) is 0 Å². The van der Waals surface area contributed by atoms with Crippen molar-refractivity contribution < 1.29 is 5.11 Å². The predicted octanol–water partition coefficient (Wildman–Crippen LogP) is 3.33. The minimum absolute atomic E-state index is 0.686. The van der Waals surface area contributed by atoms with E-state index in [1.165, 1.54) is 5.70 Å². The Bertz CT molecular complexity index is 1010. The van der Waals surface area contributed by atoms with Crippen LogP contribution in [0, 0.1) is 11.3 Å². The van der Waals surface area contributed by atoms with Crippen LogP contribution in [0.25, 0.3) is 0 Å². The number of allylic oxidation sites excluding steroid dienone is 4. The maximum atomic E-state index is 10.1. The van der Waals surface area contributed by atoms with Crippen molar-refractivity contribution >= 4 is 11.6 Å². The molecule has 1 aliphatic carbocycles. The van der Waals surface area contributed by atoms with Gasteiger partial charge in [-0.3, -0.25) is 0 Å². The molecule has 4 rings (SSSR count). The third-order valence-electron chi connectivity index (χ3n) is 5.40. The number of hydrogen-bond acceptors (Lipinski definition) is 7. The lowest BCUT2D eigenvalue weighted by molar-refractivity contribution is 0.0782. The molecule has 2 N–H and O–H groups in total. The fraction of sp³-hybridized carbons (Fsp3) is 0.364. The minimum atomic E-state index is -0.917. The van der Waals surface area contributed by atoms with E-state index < -0.39 is 5.60 Å². The van der Waals surface area contributed by atoms with E-state index in [1.807, 2.05) is 18.2 Å². The molecule has 7 nitrogen and oxygen atoms in total. The second-order valence-corrected chi connectivity index (χ2v) is 7.90. The first-order chi connectivity index (χ1) is 13.9. The standard InChI is InChI=1S/C22H24N6O/c1-22(2,29)16-5-8-20(24-12-16)27-21-18-9-10-28(13-19(18)25-14-26-21)17-6-3-15(11-23)4-7-17/h3,5-6,8,12,14,29H,4,7,9-10,13H2,1-2H3,(H,24,25,26,27). The second-order valence-electron chi connectivity index (χ2n) is 7.90. The van der Waals surface area contributed by atoms with Crippen LogP contribution in [-0.4, -0.2) is 31.5 Å². The molecule has 0 unspecified atom stereocenters. The molecule has 148 valence electrons. The van der Waals surface area contributed by atoms with Crippen molar-refractivity contribution in [1.29, 1.82) is 5.26 Å². The molecule has 0 saturated heterocycles. The van der Waals surface area contributed by atoms with Crippen molar-refractivity contribution in [2.24, 2.45) is 0 Å². The molecule has 0 atom stereocenters. The molecule has 1 aliphatic heterocycles. The van der Waals surface area contributed by atoms with Gasteiger partial charge in [0.25, 0.3) is 0 Å². The van der Waals surface area contributed by atoms with E-state index in [0.29, 0.717) is 5.82 Å². The molecule has 0 amide bonds. The molecule has 2 aromatic rings. The molecule has 7 heteroatoms. The Labute approximate surface area is 170 Å². The van der Waals surface area contributed by atoms with E-state index in [-0.39, 0.29) is 0 Å². The van der Waals surface area contributed by atoms with Crippen LogP contribution >= 0.6 is 0 Å². The quantitative estimate of drug-likeness (QED) is 0.829. The SMILES string of the molecule is CC(C)(O)c1ccc(Nc2ncnc3c2CCN(C2=CC=C(C#N)CC2)C3)nc1. The third kappa shape index (κ3) is 4.13. The van der Waals surface area contributed by atoms with E-state index in [0.717, 1.165) is 60.6 Å². The highest BCUT2D eigenvalue weighted by Crippen LogP contribution is 2.30. The van der Waals surface area contributed by atoms with E-state index in [9.17, 15) is 5.11 Å². The number of aliphatic hydroxyl groups is 1. The molecular formula is C22H24N6O. The topological polar surface area (TPSA) is 98.0 Å². The Kier molecular flexibility index (Phi) is 5.03. The van der Waals surface area contributed by atoms with E-state index in [4.69, 9.17) is 5.26 Å². The molecular weight excluding hydrogens is 364 g/mol. The highest BCUT2D eigenvalue weighted by atomic mass is 16.3. The summed E-state index contributed by atoms with van der Waals surface area (Å²) in [7, 11) is 0. The highest BCUT2D eigenvalue weighted by Gasteiger charge is 2.23. The Hall–Kier alpha value is -3.24. The number of nitriles is 1. The first-order valence-corrected chi connectivity index (χ1v) is 9.77. The van der Waals surface area contributed by atoms with Crippen molar-refractivity contribution in [2.45, 2.75) is 45.3 Å². The van der Waals surface area contributed by atoms with Crippen molar-refractivity contribution in [1.82, 2.24) is 19.9 Å². The van der Waals surface area contributed by atoms with Crippen LogP contribution in [0.3, 0.4) is 0 Å². The van der Waals surface area contributed by atoms with Gasteiger partial charge < -0.3 is 15.3 Å². The number of hydrogen-bond donors (Lipinski definition) is 2. The number of nitrogens with zero attached hydrogens (tertiary/aromatic N) is 5. The summed E-state index contributed by atoms with van der Waals surface area (Å²) in [6.45, 7) is 5.10. The summed E-state index contributed by atoms with van der Waals surface area (Å²) < 4.78 is 0. The van der Waals surface area contributed by atoms with Gasteiger partial charge in [0.1, 0.15) is 18.0 Å². The molecule has 3 heterocycles. The Balaban J connectivity index is 1.51. The number of anilines is 2. The van der Waals surface area contributed by atoms with Gasteiger partial charge in [-0.05, 0) is 51.3 Å². The maximum absolute atomic E-state index is 10.1. The molecule has 29 heavy (non-hydrogen) atoms. The number of pyridine rings is 1. The van der Waals surface area contributed by atoms with Crippen LogP contribution in [0.2, 0.25) is 0 Å². The first kappa shape index (κ1) is 19.1. The average Bonchev–Trinajstić information content (AvgIpc) is 2.73. The van der Waals surface area contributed by atoms with Crippen LogP contribution in [0.15, 0.2) is 48.1 Å². The summed E-state index contributed by atoms with van der Waals surface area (Å²) in [5, 5.41) is 22.4. The van der Waals surface area contributed by atoms with E-state index in [1.54, 1.807) is 26.4 Å². The van der Waals surface area contributed by atoms with Gasteiger partial charge in [-0.2, -0.15) is 5.26 Å². The Morgan fingerprint density at radius 1 is 1.14 bits per heavy atom. The molecule has 0 bridgehead atoms. The number of fused-ring (bicyclic) bond motifs is 1. The van der Waals surface area contributed by atoms with Gasteiger partial charge in [0.2, 0.25) is 0 Å². The van der Waals surface area contributed by atoms with Crippen LogP contribution in [0.1, 0.15) is 43.5 Å². The van der Waals surface area contributed by atoms with Gasteiger partial charge >= 0.3 is 0 Å². The number of rotatable bonds is 4. The fourth-order valence-corrected chi connectivity index (χ4v) is 3.64. The zero-order valence-corrected chi connectivity index (χ0v) is 16.7. The lowest BCUT2D eigenvalue weighted by Crippen LogP contribution is -2.31. The van der Waals surface area contributed by atoms with Crippen LogP contribution in [0.5, 0.6) is 0 Å². The largest absolute Gasteiger partial charge is 0.386 e. The normalized spacial score (nSPS) is 16.4. The van der Waals surface area contributed by atoms with Gasteiger partial charge in [0.05, 0.1) is 23.9 Å². The molecule has 0 spiro atoms. The van der Waals surface area contributed by atoms with Gasteiger partial charge in [0, 0.05) is 35.1 Å². The second kappa shape index (κ2) is 7.64. The third-order valence-corrected chi connectivity index (χ3v) is 5.40. The number of nitrogens with one attached hydrogen (secondary N) is 1. The van der Waals surface area contributed by atoms with Crippen molar-refractivity contribution in [2.75, 3.05) is 11.9 Å². The zero-order valence-electron chi connectivity index (χ0n) is 16.7. The lowest BCUT2D eigenvalue weighted by atomic mass is 9.99. The molecule has 0 aromatic carbocycles. The monoisotopic (exact) mass is 388 g/mol. The molecule has 0 fully saturated rings. The average molecular weight is 388 g/mol. The minimum Gasteiger partial charge on any atom is -0.386 e. The summed E-state index contributed by atoms with van der Waals surface area (Å²) in [5.41, 5.74) is 4.06. The van der Waals surface area contributed by atoms with Gasteiger partial charge in [-0.1, -0.05) is 6.07 Å². The maximum Gasteiger partial charge on any atom is 0.138 e. The molecule has 0 radical (unpaired) electrons. The summed E-state index contributed by atoms with van der Waals surface area (Å²) in [6.07, 6.45) is 9.77. The highest BCUT2D eigenvalue weighted by molar-refractivity contribution is 5.57. The zero-order chi connectivity index (χ0) is 20.4. The smallest absolute Gasteiger partial charge is 0.138 e. The van der Waals surface area contributed by atoms with Crippen molar-refractivity contribution in [3.05, 3.63) is 64.9 Å².